The molecule has 0 saturated carbocycles. The molecule has 2 saturated heterocycles. The topological polar surface area (TPSA) is 40.6 Å². The van der Waals surface area contributed by atoms with Crippen molar-refractivity contribution in [2.75, 3.05) is 19.6 Å². The lowest BCUT2D eigenvalue weighted by molar-refractivity contribution is -0.137. The molecular weight excluding hydrogens is 372 g/mol. The number of nitrogens with zero attached hydrogens (tertiary/aromatic N) is 2. The van der Waals surface area contributed by atoms with Gasteiger partial charge in [0.05, 0.1) is 5.92 Å². The quantitative estimate of drug-likeness (QED) is 0.724. The van der Waals surface area contributed by atoms with Crippen LogP contribution in [0.5, 0.6) is 0 Å². The van der Waals surface area contributed by atoms with Crippen molar-refractivity contribution < 1.29 is 9.59 Å². The molecule has 28 heavy (non-hydrogen) atoms. The van der Waals surface area contributed by atoms with E-state index in [1.165, 1.54) is 5.56 Å². The Hall–Kier alpha value is -1.39. The van der Waals surface area contributed by atoms with Crippen molar-refractivity contribution in [3.05, 3.63) is 34.9 Å². The van der Waals surface area contributed by atoms with E-state index in [2.05, 4.69) is 37.8 Å². The molecule has 0 aromatic heterocycles. The average molecular weight is 405 g/mol. The maximum Gasteiger partial charge on any atom is 0.227 e. The van der Waals surface area contributed by atoms with Crippen LogP contribution >= 0.6 is 11.6 Å². The first-order valence-corrected chi connectivity index (χ1v) is 10.9. The lowest BCUT2D eigenvalue weighted by Crippen LogP contribution is -2.44. The third kappa shape index (κ3) is 4.60. The van der Waals surface area contributed by atoms with E-state index in [-0.39, 0.29) is 35.1 Å². The highest BCUT2D eigenvalue weighted by Crippen LogP contribution is 2.39. The highest BCUT2D eigenvalue weighted by atomic mass is 35.5. The molecule has 1 amide bonds. The fraction of sp³-hybridized carbons (Fsp3) is 0.652. The second kappa shape index (κ2) is 8.54. The summed E-state index contributed by atoms with van der Waals surface area (Å²) in [7, 11) is 0. The molecule has 3 rings (SSSR count). The second-order valence-electron chi connectivity index (χ2n) is 9.26. The van der Waals surface area contributed by atoms with E-state index >= 15 is 0 Å². The molecule has 0 aliphatic carbocycles. The van der Waals surface area contributed by atoms with Crippen molar-refractivity contribution in [2.45, 2.75) is 70.9 Å². The van der Waals surface area contributed by atoms with Crippen molar-refractivity contribution in [3.63, 3.8) is 0 Å². The van der Waals surface area contributed by atoms with Gasteiger partial charge in [0.1, 0.15) is 5.78 Å². The van der Waals surface area contributed by atoms with Gasteiger partial charge in [-0.1, -0.05) is 30.7 Å². The number of carbonyl (C=O) groups excluding carboxylic acids is 2. The normalized spacial score (nSPS) is 26.0. The van der Waals surface area contributed by atoms with Gasteiger partial charge in [0.2, 0.25) is 5.91 Å². The van der Waals surface area contributed by atoms with Crippen LogP contribution in [-0.2, 0) is 9.59 Å². The number of benzene rings is 1. The van der Waals surface area contributed by atoms with Crippen molar-refractivity contribution >= 4 is 23.3 Å². The number of hydrogen-bond donors (Lipinski definition) is 0. The molecule has 2 aliphatic rings. The Morgan fingerprint density at radius 2 is 1.82 bits per heavy atom. The third-order valence-electron chi connectivity index (χ3n) is 6.40. The highest BCUT2D eigenvalue weighted by molar-refractivity contribution is 6.30. The van der Waals surface area contributed by atoms with Crippen LogP contribution in [0.3, 0.4) is 0 Å². The van der Waals surface area contributed by atoms with E-state index in [9.17, 15) is 9.59 Å². The van der Waals surface area contributed by atoms with Crippen LogP contribution in [0.2, 0.25) is 5.02 Å². The summed E-state index contributed by atoms with van der Waals surface area (Å²) < 4.78 is 0. The van der Waals surface area contributed by atoms with Crippen LogP contribution < -0.4 is 0 Å². The molecule has 2 fully saturated rings. The van der Waals surface area contributed by atoms with Gasteiger partial charge >= 0.3 is 0 Å². The summed E-state index contributed by atoms with van der Waals surface area (Å²) in [5.41, 5.74) is 1.19. The lowest BCUT2D eigenvalue weighted by Gasteiger charge is -2.32. The van der Waals surface area contributed by atoms with E-state index in [1.54, 1.807) is 0 Å². The summed E-state index contributed by atoms with van der Waals surface area (Å²) >= 11 is 6.09. The number of likely N-dealkylation sites (tertiary alicyclic amines) is 2. The van der Waals surface area contributed by atoms with Gasteiger partial charge in [-0.15, -0.1) is 0 Å². The van der Waals surface area contributed by atoms with Crippen LogP contribution in [0.15, 0.2) is 24.3 Å². The summed E-state index contributed by atoms with van der Waals surface area (Å²) in [6.45, 7) is 10.9. The van der Waals surface area contributed by atoms with Crippen LogP contribution in [0.25, 0.3) is 0 Å². The van der Waals surface area contributed by atoms with Gasteiger partial charge in [0.25, 0.3) is 0 Å². The maximum absolute atomic E-state index is 13.6. The second-order valence-corrected chi connectivity index (χ2v) is 9.70. The zero-order valence-electron chi connectivity index (χ0n) is 17.6. The molecule has 1 aromatic carbocycles. The minimum Gasteiger partial charge on any atom is -0.339 e. The summed E-state index contributed by atoms with van der Waals surface area (Å²) in [4.78, 5) is 30.0. The molecule has 2 heterocycles. The Kier molecular flexibility index (Phi) is 6.51. The van der Waals surface area contributed by atoms with Crippen LogP contribution in [0.4, 0.5) is 0 Å². The van der Waals surface area contributed by atoms with E-state index < -0.39 is 0 Å². The first-order chi connectivity index (χ1) is 13.2. The Morgan fingerprint density at radius 3 is 2.43 bits per heavy atom. The highest BCUT2D eigenvalue weighted by Gasteiger charge is 2.45. The molecule has 0 bridgehead atoms. The number of Topliss-reactive ketones (excluding diaryl/α,β-unsaturated/α-hetero) is 1. The van der Waals surface area contributed by atoms with E-state index in [0.29, 0.717) is 12.8 Å². The van der Waals surface area contributed by atoms with Crippen molar-refractivity contribution in [1.82, 2.24) is 9.80 Å². The molecule has 0 radical (unpaired) electrons. The van der Waals surface area contributed by atoms with Crippen molar-refractivity contribution in [3.8, 4) is 0 Å². The smallest absolute Gasteiger partial charge is 0.227 e. The summed E-state index contributed by atoms with van der Waals surface area (Å²) in [6, 6.07) is 8.02. The summed E-state index contributed by atoms with van der Waals surface area (Å²) in [5, 5.41) is 0.718. The van der Waals surface area contributed by atoms with Gasteiger partial charge < -0.3 is 4.90 Å². The number of hydrogen-bond acceptors (Lipinski definition) is 3. The predicted octanol–water partition coefficient (Wildman–Crippen LogP) is 4.51. The monoisotopic (exact) mass is 404 g/mol. The minimum atomic E-state index is -0.0715. The Bertz CT molecular complexity index is 710. The number of carbonyl (C=O) groups is 2. The Balaban J connectivity index is 1.84. The molecule has 5 heteroatoms. The van der Waals surface area contributed by atoms with E-state index in [0.717, 1.165) is 37.5 Å². The van der Waals surface area contributed by atoms with E-state index in [1.807, 2.05) is 24.0 Å². The van der Waals surface area contributed by atoms with Gasteiger partial charge in [0, 0.05) is 55.0 Å². The fourth-order valence-corrected chi connectivity index (χ4v) is 4.73. The molecule has 2 aliphatic heterocycles. The Morgan fingerprint density at radius 1 is 1.14 bits per heavy atom. The number of halogens is 1. The maximum atomic E-state index is 13.6. The third-order valence-corrected chi connectivity index (χ3v) is 6.65. The number of rotatable bonds is 5. The van der Waals surface area contributed by atoms with Crippen LogP contribution in [0.1, 0.15) is 64.9 Å². The molecule has 0 spiro atoms. The Labute approximate surface area is 174 Å². The summed E-state index contributed by atoms with van der Waals surface area (Å²) in [6.07, 6.45) is 2.99. The van der Waals surface area contributed by atoms with Gasteiger partial charge in [-0.3, -0.25) is 14.5 Å². The average Bonchev–Trinajstić information content (AvgIpc) is 3.28. The standard InChI is InChI=1S/C23H33ClN2O2/c1-5-19(27)13-18-7-6-12-26(18)22(28)21-15-25(23(2,3)4)14-20(21)16-8-10-17(24)11-9-16/h8-11,18,20-21H,5-7,12-15H2,1-4H3/t18-,20-,21+/m0/s1. The van der Waals surface area contributed by atoms with Gasteiger partial charge in [0.15, 0.2) is 0 Å². The zero-order valence-corrected chi connectivity index (χ0v) is 18.3. The molecular formula is C23H33ClN2O2. The summed E-state index contributed by atoms with van der Waals surface area (Å²) in [5.74, 6) is 0.560. The van der Waals surface area contributed by atoms with Crippen molar-refractivity contribution in [2.24, 2.45) is 5.92 Å². The SMILES string of the molecule is CCC(=O)C[C@@H]1CCCN1C(=O)[C@@H]1CN(C(C)(C)C)C[C@H]1c1ccc(Cl)cc1. The van der Waals surface area contributed by atoms with E-state index in [4.69, 9.17) is 11.6 Å². The van der Waals surface area contributed by atoms with Crippen LogP contribution in [0, 0.1) is 5.92 Å². The zero-order chi connectivity index (χ0) is 20.5. The predicted molar refractivity (Wildman–Crippen MR) is 114 cm³/mol. The first kappa shape index (κ1) is 21.3. The molecule has 154 valence electrons. The lowest BCUT2D eigenvalue weighted by atomic mass is 9.87. The molecule has 0 unspecified atom stereocenters. The van der Waals surface area contributed by atoms with Gasteiger partial charge in [-0.05, 0) is 51.3 Å². The molecule has 3 atom stereocenters. The fourth-order valence-electron chi connectivity index (χ4n) is 4.61. The number of amides is 1. The van der Waals surface area contributed by atoms with Gasteiger partial charge in [-0.25, -0.2) is 0 Å². The molecule has 1 aromatic rings. The minimum absolute atomic E-state index is 0.0162. The van der Waals surface area contributed by atoms with Gasteiger partial charge in [-0.2, -0.15) is 0 Å². The number of ketones is 1. The largest absolute Gasteiger partial charge is 0.339 e. The molecule has 0 N–H and O–H groups in total. The van der Waals surface area contributed by atoms with Crippen LogP contribution in [-0.4, -0.2) is 52.7 Å². The molecule has 4 nitrogen and oxygen atoms in total. The van der Waals surface area contributed by atoms with Crippen molar-refractivity contribution in [1.29, 1.82) is 0 Å². The first-order valence-electron chi connectivity index (χ1n) is 10.5.